The standard InChI is InChI=1S/C25H30O3/c1-15(26)20-21(16-11-9-8-10-12-16)18-13-17(24(2,3)4)14-19(25(5,6)7)22(18)28-23(20)27/h8-14,20-21H,1-7H3. The van der Waals surface area contributed by atoms with Crippen LogP contribution in [-0.2, 0) is 20.4 Å². The minimum atomic E-state index is -0.821. The average Bonchev–Trinajstić information content (AvgIpc) is 2.58. The Morgan fingerprint density at radius 3 is 2.04 bits per heavy atom. The van der Waals surface area contributed by atoms with Crippen LogP contribution >= 0.6 is 0 Å². The third-order valence-electron chi connectivity index (χ3n) is 5.51. The van der Waals surface area contributed by atoms with Crippen molar-refractivity contribution in [1.82, 2.24) is 0 Å². The zero-order valence-corrected chi connectivity index (χ0v) is 17.9. The van der Waals surface area contributed by atoms with Gasteiger partial charge in [0.25, 0.3) is 0 Å². The Kier molecular flexibility index (Phi) is 4.99. The molecule has 1 heterocycles. The van der Waals surface area contributed by atoms with Gasteiger partial charge in [-0.05, 0) is 28.9 Å². The molecule has 2 atom stereocenters. The molecular weight excluding hydrogens is 348 g/mol. The van der Waals surface area contributed by atoms with Gasteiger partial charge in [0.1, 0.15) is 17.5 Å². The van der Waals surface area contributed by atoms with Gasteiger partial charge in [-0.3, -0.25) is 9.59 Å². The van der Waals surface area contributed by atoms with E-state index < -0.39 is 11.9 Å². The third kappa shape index (κ3) is 3.63. The lowest BCUT2D eigenvalue weighted by Crippen LogP contribution is -2.38. The number of carbonyl (C=O) groups is 2. The van der Waals surface area contributed by atoms with Crippen LogP contribution in [0.1, 0.15) is 76.6 Å². The average molecular weight is 379 g/mol. The normalized spacial score (nSPS) is 19.8. The van der Waals surface area contributed by atoms with Gasteiger partial charge in [0.15, 0.2) is 0 Å². The fourth-order valence-electron chi connectivity index (χ4n) is 3.90. The van der Waals surface area contributed by atoms with E-state index in [1.807, 2.05) is 30.3 Å². The van der Waals surface area contributed by atoms with E-state index >= 15 is 0 Å². The van der Waals surface area contributed by atoms with Gasteiger partial charge >= 0.3 is 5.97 Å². The van der Waals surface area contributed by atoms with Crippen molar-refractivity contribution in [2.75, 3.05) is 0 Å². The Hall–Kier alpha value is -2.42. The number of Topliss-reactive ketones (excluding diaryl/α,β-unsaturated/α-hetero) is 1. The van der Waals surface area contributed by atoms with Crippen molar-refractivity contribution in [3.05, 3.63) is 64.7 Å². The predicted octanol–water partition coefficient (Wildman–Crippen LogP) is 5.54. The van der Waals surface area contributed by atoms with E-state index in [-0.39, 0.29) is 22.5 Å². The van der Waals surface area contributed by atoms with Gasteiger partial charge in [-0.15, -0.1) is 0 Å². The van der Waals surface area contributed by atoms with Crippen LogP contribution in [0.5, 0.6) is 5.75 Å². The van der Waals surface area contributed by atoms with E-state index in [9.17, 15) is 9.59 Å². The second kappa shape index (κ2) is 6.88. The first-order valence-corrected chi connectivity index (χ1v) is 9.87. The molecule has 28 heavy (non-hydrogen) atoms. The molecule has 0 aromatic heterocycles. The molecule has 3 nitrogen and oxygen atoms in total. The summed E-state index contributed by atoms with van der Waals surface area (Å²) in [5.41, 5.74) is 3.82. The summed E-state index contributed by atoms with van der Waals surface area (Å²) < 4.78 is 5.82. The van der Waals surface area contributed by atoms with E-state index in [1.54, 1.807) is 0 Å². The quantitative estimate of drug-likeness (QED) is 0.392. The summed E-state index contributed by atoms with van der Waals surface area (Å²) in [5.74, 6) is -1.15. The van der Waals surface area contributed by atoms with Crippen molar-refractivity contribution in [2.24, 2.45) is 5.92 Å². The second-order valence-electron chi connectivity index (χ2n) is 9.84. The summed E-state index contributed by atoms with van der Waals surface area (Å²) in [7, 11) is 0. The summed E-state index contributed by atoms with van der Waals surface area (Å²) in [6, 6.07) is 14.1. The van der Waals surface area contributed by atoms with Crippen LogP contribution < -0.4 is 4.74 Å². The number of carbonyl (C=O) groups excluding carboxylic acids is 2. The Balaban J connectivity index is 2.38. The summed E-state index contributed by atoms with van der Waals surface area (Å²) in [5, 5.41) is 0. The Morgan fingerprint density at radius 1 is 0.929 bits per heavy atom. The lowest BCUT2D eigenvalue weighted by atomic mass is 9.71. The van der Waals surface area contributed by atoms with Crippen LogP contribution in [-0.4, -0.2) is 11.8 Å². The zero-order valence-electron chi connectivity index (χ0n) is 17.9. The van der Waals surface area contributed by atoms with Crippen LogP contribution in [0, 0.1) is 5.92 Å². The van der Waals surface area contributed by atoms with E-state index in [0.717, 1.165) is 16.7 Å². The van der Waals surface area contributed by atoms with Crippen LogP contribution in [0.4, 0.5) is 0 Å². The lowest BCUT2D eigenvalue weighted by Gasteiger charge is -2.36. The Labute approximate surface area is 168 Å². The number of ether oxygens (including phenoxy) is 1. The SMILES string of the molecule is CC(=O)C1C(=O)Oc2c(cc(C(C)(C)C)cc2C(C)(C)C)C1c1ccccc1. The molecule has 0 bridgehead atoms. The number of benzene rings is 2. The molecular formula is C25H30O3. The van der Waals surface area contributed by atoms with E-state index in [4.69, 9.17) is 4.74 Å². The molecule has 1 aliphatic heterocycles. The van der Waals surface area contributed by atoms with Gasteiger partial charge in [-0.1, -0.05) is 84.0 Å². The van der Waals surface area contributed by atoms with Crippen LogP contribution in [0.25, 0.3) is 0 Å². The molecule has 0 aliphatic carbocycles. The molecule has 0 fully saturated rings. The number of esters is 1. The molecule has 3 rings (SSSR count). The van der Waals surface area contributed by atoms with Crippen LogP contribution in [0.15, 0.2) is 42.5 Å². The molecule has 0 saturated carbocycles. The first-order chi connectivity index (χ1) is 12.9. The molecule has 0 spiro atoms. The summed E-state index contributed by atoms with van der Waals surface area (Å²) in [6.07, 6.45) is 0. The highest BCUT2D eigenvalue weighted by molar-refractivity contribution is 6.01. The number of fused-ring (bicyclic) bond motifs is 1. The minimum absolute atomic E-state index is 0.0660. The van der Waals surface area contributed by atoms with Crippen molar-refractivity contribution in [2.45, 2.75) is 65.2 Å². The fraction of sp³-hybridized carbons (Fsp3) is 0.440. The van der Waals surface area contributed by atoms with Gasteiger partial charge in [0.2, 0.25) is 0 Å². The Morgan fingerprint density at radius 2 is 1.54 bits per heavy atom. The maximum atomic E-state index is 12.9. The highest BCUT2D eigenvalue weighted by Crippen LogP contribution is 2.48. The van der Waals surface area contributed by atoms with Crippen LogP contribution in [0.2, 0.25) is 0 Å². The topological polar surface area (TPSA) is 43.4 Å². The molecule has 0 N–H and O–H groups in total. The summed E-state index contributed by atoms with van der Waals surface area (Å²) in [6.45, 7) is 14.4. The maximum Gasteiger partial charge on any atom is 0.322 e. The monoisotopic (exact) mass is 378 g/mol. The molecule has 0 radical (unpaired) electrons. The summed E-state index contributed by atoms with van der Waals surface area (Å²) in [4.78, 5) is 25.4. The first kappa shape index (κ1) is 20.3. The zero-order chi connectivity index (χ0) is 20.9. The number of hydrogen-bond acceptors (Lipinski definition) is 3. The third-order valence-corrected chi connectivity index (χ3v) is 5.51. The maximum absolute atomic E-state index is 12.9. The molecule has 1 aliphatic rings. The first-order valence-electron chi connectivity index (χ1n) is 9.87. The molecule has 2 aromatic rings. The molecule has 148 valence electrons. The largest absolute Gasteiger partial charge is 0.425 e. The van der Waals surface area contributed by atoms with Gasteiger partial charge < -0.3 is 4.74 Å². The van der Waals surface area contributed by atoms with Crippen molar-refractivity contribution in [1.29, 1.82) is 0 Å². The molecule has 2 unspecified atom stereocenters. The fourth-order valence-corrected chi connectivity index (χ4v) is 3.90. The number of ketones is 1. The van der Waals surface area contributed by atoms with Crippen molar-refractivity contribution < 1.29 is 14.3 Å². The second-order valence-corrected chi connectivity index (χ2v) is 9.84. The van der Waals surface area contributed by atoms with E-state index in [1.165, 1.54) is 12.5 Å². The Bertz CT molecular complexity index is 911. The van der Waals surface area contributed by atoms with Crippen molar-refractivity contribution >= 4 is 11.8 Å². The smallest absolute Gasteiger partial charge is 0.322 e. The highest BCUT2D eigenvalue weighted by Gasteiger charge is 2.44. The van der Waals surface area contributed by atoms with Gasteiger partial charge in [0, 0.05) is 17.0 Å². The van der Waals surface area contributed by atoms with Crippen LogP contribution in [0.3, 0.4) is 0 Å². The van der Waals surface area contributed by atoms with E-state index in [2.05, 4.69) is 53.7 Å². The predicted molar refractivity (Wildman–Crippen MR) is 112 cm³/mol. The van der Waals surface area contributed by atoms with E-state index in [0.29, 0.717) is 5.75 Å². The van der Waals surface area contributed by atoms with Gasteiger partial charge in [-0.2, -0.15) is 0 Å². The minimum Gasteiger partial charge on any atom is -0.425 e. The number of hydrogen-bond donors (Lipinski definition) is 0. The highest BCUT2D eigenvalue weighted by atomic mass is 16.5. The molecule has 2 aromatic carbocycles. The van der Waals surface area contributed by atoms with Gasteiger partial charge in [0.05, 0.1) is 0 Å². The number of rotatable bonds is 2. The molecule has 3 heteroatoms. The van der Waals surface area contributed by atoms with Crippen molar-refractivity contribution in [3.8, 4) is 5.75 Å². The van der Waals surface area contributed by atoms with Crippen molar-refractivity contribution in [3.63, 3.8) is 0 Å². The molecule has 0 amide bonds. The lowest BCUT2D eigenvalue weighted by molar-refractivity contribution is -0.145. The van der Waals surface area contributed by atoms with Gasteiger partial charge in [-0.25, -0.2) is 0 Å². The molecule has 0 saturated heterocycles. The summed E-state index contributed by atoms with van der Waals surface area (Å²) >= 11 is 0.